The molecule has 1 N–H and O–H groups in total. The third kappa shape index (κ3) is 2.65. The number of aromatic nitrogens is 1. The number of thiazole rings is 1. The van der Waals surface area contributed by atoms with E-state index >= 15 is 0 Å². The van der Waals surface area contributed by atoms with E-state index in [0.29, 0.717) is 11.5 Å². The molecule has 1 aromatic rings. The van der Waals surface area contributed by atoms with E-state index in [2.05, 4.69) is 31.0 Å². The first kappa shape index (κ1) is 13.4. The highest BCUT2D eigenvalue weighted by atomic mass is 32.1. The molecule has 1 atom stereocenters. The fourth-order valence-corrected chi connectivity index (χ4v) is 4.58. The van der Waals surface area contributed by atoms with Crippen LogP contribution in [0, 0.1) is 5.41 Å². The van der Waals surface area contributed by atoms with Gasteiger partial charge in [0.05, 0.1) is 5.69 Å². The van der Waals surface area contributed by atoms with Gasteiger partial charge in [-0.15, -0.1) is 0 Å². The van der Waals surface area contributed by atoms with Crippen molar-refractivity contribution in [3.05, 3.63) is 10.6 Å². The van der Waals surface area contributed by atoms with E-state index < -0.39 is 0 Å². The number of rotatable bonds is 3. The molecule has 1 unspecified atom stereocenters. The molecular weight excluding hydrogens is 254 g/mol. The highest BCUT2D eigenvalue weighted by molar-refractivity contribution is 7.15. The maximum Gasteiger partial charge on any atom is 0.185 e. The Kier molecular flexibility index (Phi) is 3.56. The average Bonchev–Trinajstić information content (AvgIpc) is 2.94. The van der Waals surface area contributed by atoms with Crippen LogP contribution in [0.25, 0.3) is 0 Å². The lowest BCUT2D eigenvalue weighted by Crippen LogP contribution is -2.32. The van der Waals surface area contributed by atoms with Gasteiger partial charge >= 0.3 is 0 Å². The monoisotopic (exact) mass is 279 g/mol. The van der Waals surface area contributed by atoms with Crippen molar-refractivity contribution in [2.24, 2.45) is 5.41 Å². The number of hydrogen-bond donors (Lipinski definition) is 1. The third-order valence-electron chi connectivity index (χ3n) is 4.26. The first-order valence-electron chi connectivity index (χ1n) is 7.57. The van der Waals surface area contributed by atoms with Crippen LogP contribution in [-0.2, 0) is 6.42 Å². The fraction of sp³-hybridized carbons (Fsp3) is 0.800. The van der Waals surface area contributed by atoms with E-state index in [0.717, 1.165) is 13.0 Å². The zero-order valence-corrected chi connectivity index (χ0v) is 13.1. The smallest absolute Gasteiger partial charge is 0.185 e. The van der Waals surface area contributed by atoms with Gasteiger partial charge in [-0.05, 0) is 37.6 Å². The number of nitrogens with zero attached hydrogens (tertiary/aromatic N) is 2. The first-order chi connectivity index (χ1) is 9.09. The summed E-state index contributed by atoms with van der Waals surface area (Å²) in [5, 5.41) is 4.92. The van der Waals surface area contributed by atoms with Gasteiger partial charge in [0.25, 0.3) is 0 Å². The molecule has 1 fully saturated rings. The van der Waals surface area contributed by atoms with Crippen LogP contribution in [0.4, 0.5) is 5.13 Å². The second kappa shape index (κ2) is 5.06. The normalized spacial score (nSPS) is 25.6. The molecule has 0 amide bonds. The van der Waals surface area contributed by atoms with Crippen molar-refractivity contribution in [2.45, 2.75) is 52.5 Å². The zero-order chi connectivity index (χ0) is 13.5. The quantitative estimate of drug-likeness (QED) is 0.919. The largest absolute Gasteiger partial charge is 0.348 e. The van der Waals surface area contributed by atoms with Crippen molar-refractivity contribution in [1.29, 1.82) is 0 Å². The Morgan fingerprint density at radius 3 is 2.79 bits per heavy atom. The Bertz CT molecular complexity index is 446. The molecule has 0 saturated carbocycles. The third-order valence-corrected chi connectivity index (χ3v) is 5.53. The van der Waals surface area contributed by atoms with Crippen molar-refractivity contribution >= 4 is 16.5 Å². The second-order valence-corrected chi connectivity index (χ2v) is 7.67. The minimum atomic E-state index is 0.371. The van der Waals surface area contributed by atoms with Crippen LogP contribution in [0.1, 0.15) is 56.6 Å². The summed E-state index contributed by atoms with van der Waals surface area (Å²) in [4.78, 5) is 8.94. The molecule has 3 nitrogen and oxygen atoms in total. The van der Waals surface area contributed by atoms with Crippen LogP contribution in [0.5, 0.6) is 0 Å². The maximum absolute atomic E-state index is 4.97. The van der Waals surface area contributed by atoms with Crippen molar-refractivity contribution in [1.82, 2.24) is 10.3 Å². The minimum Gasteiger partial charge on any atom is -0.348 e. The van der Waals surface area contributed by atoms with Crippen LogP contribution in [-0.4, -0.2) is 24.6 Å². The van der Waals surface area contributed by atoms with Crippen molar-refractivity contribution < 1.29 is 0 Å². The fourth-order valence-electron chi connectivity index (χ4n) is 3.38. The molecule has 0 radical (unpaired) electrons. The second-order valence-electron chi connectivity index (χ2n) is 6.66. The lowest BCUT2D eigenvalue weighted by Gasteiger charge is -2.34. The lowest BCUT2D eigenvalue weighted by atomic mass is 9.76. The predicted molar refractivity (Wildman–Crippen MR) is 82.1 cm³/mol. The van der Waals surface area contributed by atoms with Gasteiger partial charge in [-0.1, -0.05) is 32.1 Å². The first-order valence-corrected chi connectivity index (χ1v) is 8.38. The Hall–Kier alpha value is -0.610. The molecule has 0 bridgehead atoms. The van der Waals surface area contributed by atoms with Gasteiger partial charge in [0.15, 0.2) is 5.13 Å². The van der Waals surface area contributed by atoms with Gasteiger partial charge in [-0.2, -0.15) is 0 Å². The molecule has 0 aromatic carbocycles. The Morgan fingerprint density at radius 2 is 2.11 bits per heavy atom. The summed E-state index contributed by atoms with van der Waals surface area (Å²) < 4.78 is 0. The molecule has 1 aromatic heterocycles. The molecule has 3 rings (SSSR count). The van der Waals surface area contributed by atoms with Gasteiger partial charge in [0.2, 0.25) is 0 Å². The van der Waals surface area contributed by atoms with E-state index in [1.54, 1.807) is 0 Å². The SMILES string of the molecule is CCNC1CC(C)(C)Cc2nc(N3CCCC3)sc21. The number of anilines is 1. The van der Waals surface area contributed by atoms with Crippen molar-refractivity contribution in [3.8, 4) is 0 Å². The highest BCUT2D eigenvalue weighted by Crippen LogP contribution is 2.45. The van der Waals surface area contributed by atoms with Gasteiger partial charge in [-0.25, -0.2) is 4.98 Å². The van der Waals surface area contributed by atoms with Gasteiger partial charge < -0.3 is 10.2 Å². The molecule has 2 heterocycles. The van der Waals surface area contributed by atoms with Gasteiger partial charge in [0, 0.05) is 24.0 Å². The van der Waals surface area contributed by atoms with E-state index in [4.69, 9.17) is 4.98 Å². The van der Waals surface area contributed by atoms with E-state index in [9.17, 15) is 0 Å². The number of fused-ring (bicyclic) bond motifs is 1. The summed E-state index contributed by atoms with van der Waals surface area (Å²) in [6.45, 7) is 10.4. The summed E-state index contributed by atoms with van der Waals surface area (Å²) in [6, 6.07) is 0.512. The molecule has 19 heavy (non-hydrogen) atoms. The maximum atomic E-state index is 4.97. The molecule has 106 valence electrons. The molecule has 2 aliphatic rings. The standard InChI is InChI=1S/C15H25N3S/c1-4-16-11-9-15(2,3)10-12-13(11)19-14(17-12)18-7-5-6-8-18/h11,16H,4-10H2,1-3H3. The van der Waals surface area contributed by atoms with E-state index in [1.807, 2.05) is 11.3 Å². The molecule has 1 saturated heterocycles. The Morgan fingerprint density at radius 1 is 1.37 bits per heavy atom. The Labute approximate surface area is 120 Å². The van der Waals surface area contributed by atoms with Crippen LogP contribution in [0.3, 0.4) is 0 Å². The minimum absolute atomic E-state index is 0.371. The van der Waals surface area contributed by atoms with Crippen molar-refractivity contribution in [2.75, 3.05) is 24.5 Å². The van der Waals surface area contributed by atoms with E-state index in [1.165, 1.54) is 48.1 Å². The molecule has 0 spiro atoms. The summed E-state index contributed by atoms with van der Waals surface area (Å²) in [6.07, 6.45) is 5.02. The Balaban J connectivity index is 1.90. The highest BCUT2D eigenvalue weighted by Gasteiger charge is 2.35. The van der Waals surface area contributed by atoms with Crippen molar-refractivity contribution in [3.63, 3.8) is 0 Å². The molecule has 1 aliphatic heterocycles. The topological polar surface area (TPSA) is 28.2 Å². The number of hydrogen-bond acceptors (Lipinski definition) is 4. The average molecular weight is 279 g/mol. The van der Waals surface area contributed by atoms with Crippen LogP contribution >= 0.6 is 11.3 Å². The number of nitrogens with one attached hydrogen (secondary N) is 1. The molecule has 4 heteroatoms. The zero-order valence-electron chi connectivity index (χ0n) is 12.3. The summed E-state index contributed by atoms with van der Waals surface area (Å²) in [5.41, 5.74) is 1.73. The predicted octanol–water partition coefficient (Wildman–Crippen LogP) is 3.37. The molecular formula is C15H25N3S. The summed E-state index contributed by atoms with van der Waals surface area (Å²) in [7, 11) is 0. The van der Waals surface area contributed by atoms with Crippen LogP contribution < -0.4 is 10.2 Å². The van der Waals surface area contributed by atoms with Gasteiger partial charge in [-0.3, -0.25) is 0 Å². The van der Waals surface area contributed by atoms with E-state index in [-0.39, 0.29) is 0 Å². The molecule has 1 aliphatic carbocycles. The van der Waals surface area contributed by atoms with Crippen LogP contribution in [0.2, 0.25) is 0 Å². The van der Waals surface area contributed by atoms with Crippen LogP contribution in [0.15, 0.2) is 0 Å². The lowest BCUT2D eigenvalue weighted by molar-refractivity contribution is 0.260. The summed E-state index contributed by atoms with van der Waals surface area (Å²) in [5.74, 6) is 0. The van der Waals surface area contributed by atoms with Gasteiger partial charge in [0.1, 0.15) is 0 Å². The summed E-state index contributed by atoms with van der Waals surface area (Å²) >= 11 is 1.93.